The highest BCUT2D eigenvalue weighted by Gasteiger charge is 2.47. The molecule has 2 saturated heterocycles. The second-order valence-corrected chi connectivity index (χ2v) is 10.5. The topological polar surface area (TPSA) is 258 Å². The SMILES string of the molecule is COc1cc(O)cc2oc(-c3ccc(O)c(O)c3)c(OC3OC(COC4OC(C)C(O)C(O)C4O)C(O)C(O)C3O)c(=O)c12. The Morgan fingerprint density at radius 3 is 2.16 bits per heavy atom. The number of methoxy groups -OCH3 is 1. The quantitative estimate of drug-likeness (QED) is 0.137. The summed E-state index contributed by atoms with van der Waals surface area (Å²) in [5, 5.41) is 91.9. The molecule has 0 radical (unpaired) electrons. The van der Waals surface area contributed by atoms with Gasteiger partial charge in [0.15, 0.2) is 23.5 Å². The molecule has 2 aliphatic rings. The largest absolute Gasteiger partial charge is 0.508 e. The molecule has 0 amide bonds. The maximum atomic E-state index is 13.8. The molecule has 0 spiro atoms. The first-order chi connectivity index (χ1) is 20.8. The van der Waals surface area contributed by atoms with Gasteiger partial charge in [-0.05, 0) is 25.1 Å². The third kappa shape index (κ3) is 5.74. The molecule has 10 atom stereocenters. The van der Waals surface area contributed by atoms with Crippen molar-refractivity contribution >= 4 is 11.0 Å². The Hall–Kier alpha value is -3.71. The van der Waals surface area contributed by atoms with Gasteiger partial charge in [0.1, 0.15) is 65.2 Å². The highest BCUT2D eigenvalue weighted by atomic mass is 16.7. The van der Waals surface area contributed by atoms with Gasteiger partial charge in [-0.3, -0.25) is 4.79 Å². The van der Waals surface area contributed by atoms with Crippen molar-refractivity contribution in [2.75, 3.05) is 13.7 Å². The summed E-state index contributed by atoms with van der Waals surface area (Å²) in [6, 6.07) is 5.72. The lowest BCUT2D eigenvalue weighted by atomic mass is 9.98. The third-order valence-corrected chi connectivity index (χ3v) is 7.50. The molecule has 2 fully saturated rings. The molecule has 0 aliphatic carbocycles. The van der Waals surface area contributed by atoms with Gasteiger partial charge >= 0.3 is 0 Å². The van der Waals surface area contributed by atoms with Crippen LogP contribution in [0.15, 0.2) is 39.5 Å². The fourth-order valence-corrected chi connectivity index (χ4v) is 4.98. The first kappa shape index (κ1) is 31.7. The summed E-state index contributed by atoms with van der Waals surface area (Å²) in [4.78, 5) is 13.8. The number of phenols is 3. The van der Waals surface area contributed by atoms with E-state index in [1.165, 1.54) is 20.1 Å². The Balaban J connectivity index is 1.50. The van der Waals surface area contributed by atoms with Crippen molar-refractivity contribution in [3.8, 4) is 40.1 Å². The van der Waals surface area contributed by atoms with E-state index in [2.05, 4.69) is 0 Å². The predicted molar refractivity (Wildman–Crippen MR) is 145 cm³/mol. The zero-order chi connectivity index (χ0) is 32.0. The summed E-state index contributed by atoms with van der Waals surface area (Å²) < 4.78 is 33.4. The molecule has 16 heteroatoms. The summed E-state index contributed by atoms with van der Waals surface area (Å²) in [6.45, 7) is 0.850. The molecular formula is C28H32O16. The second-order valence-electron chi connectivity index (χ2n) is 10.5. The van der Waals surface area contributed by atoms with Gasteiger partial charge in [-0.1, -0.05) is 0 Å². The summed E-state index contributed by atoms with van der Waals surface area (Å²) in [7, 11) is 1.24. The highest BCUT2D eigenvalue weighted by molar-refractivity contribution is 5.88. The summed E-state index contributed by atoms with van der Waals surface area (Å²) in [5.41, 5.74) is -1.02. The molecular weight excluding hydrogens is 592 g/mol. The molecule has 0 bridgehead atoms. The van der Waals surface area contributed by atoms with Crippen LogP contribution in [0.1, 0.15) is 6.92 Å². The number of aliphatic hydroxyl groups excluding tert-OH is 6. The molecule has 240 valence electrons. The van der Waals surface area contributed by atoms with Crippen molar-refractivity contribution in [1.29, 1.82) is 0 Å². The van der Waals surface area contributed by atoms with Gasteiger partial charge in [-0.2, -0.15) is 0 Å². The van der Waals surface area contributed by atoms with E-state index >= 15 is 0 Å². The van der Waals surface area contributed by atoms with E-state index in [-0.39, 0.29) is 33.8 Å². The number of rotatable bonds is 7. The number of hydrogen-bond donors (Lipinski definition) is 9. The second kappa shape index (κ2) is 12.4. The van der Waals surface area contributed by atoms with Gasteiger partial charge in [-0.15, -0.1) is 0 Å². The number of phenolic OH excluding ortho intramolecular Hbond substituents is 3. The van der Waals surface area contributed by atoms with Gasteiger partial charge < -0.3 is 74.1 Å². The minimum absolute atomic E-state index is 0.0145. The Morgan fingerprint density at radius 1 is 0.795 bits per heavy atom. The van der Waals surface area contributed by atoms with E-state index in [1.807, 2.05) is 0 Å². The lowest BCUT2D eigenvalue weighted by Gasteiger charge is -2.42. The van der Waals surface area contributed by atoms with Crippen molar-refractivity contribution < 1.29 is 74.1 Å². The molecule has 2 aliphatic heterocycles. The lowest BCUT2D eigenvalue weighted by molar-refractivity contribution is -0.318. The summed E-state index contributed by atoms with van der Waals surface area (Å²) in [6.07, 6.45) is -16.0. The number of aromatic hydroxyl groups is 3. The molecule has 0 saturated carbocycles. The average Bonchev–Trinajstić information content (AvgIpc) is 2.99. The van der Waals surface area contributed by atoms with E-state index in [4.69, 9.17) is 28.1 Å². The maximum absolute atomic E-state index is 13.8. The average molecular weight is 625 g/mol. The van der Waals surface area contributed by atoms with Crippen LogP contribution in [0.2, 0.25) is 0 Å². The molecule has 9 N–H and O–H groups in total. The zero-order valence-electron chi connectivity index (χ0n) is 23.3. The standard InChI is InChI=1S/C28H32O16/c1-9-18(32)21(35)23(37)27(41-9)40-8-16-19(33)22(36)24(38)28(43-16)44-26-20(34)17-14(39-2)6-11(29)7-15(17)42-25(26)10-3-4-12(30)13(31)5-10/h3-7,9,16,18-19,21-24,27-33,35-38H,8H2,1-2H3. The van der Waals surface area contributed by atoms with Crippen LogP contribution in [0, 0.1) is 0 Å². The minimum Gasteiger partial charge on any atom is -0.508 e. The van der Waals surface area contributed by atoms with E-state index in [0.717, 1.165) is 24.3 Å². The Labute approximate surface area is 248 Å². The van der Waals surface area contributed by atoms with Crippen molar-refractivity contribution in [2.24, 2.45) is 0 Å². The molecule has 5 rings (SSSR count). The molecule has 3 aromatic rings. The number of ether oxygens (including phenoxy) is 5. The monoisotopic (exact) mass is 624 g/mol. The van der Waals surface area contributed by atoms with E-state index in [1.54, 1.807) is 0 Å². The van der Waals surface area contributed by atoms with Crippen LogP contribution in [-0.4, -0.2) is 121 Å². The predicted octanol–water partition coefficient (Wildman–Crippen LogP) is -1.38. The van der Waals surface area contributed by atoms with Crippen LogP contribution in [0.4, 0.5) is 0 Å². The van der Waals surface area contributed by atoms with E-state index in [0.29, 0.717) is 0 Å². The fourth-order valence-electron chi connectivity index (χ4n) is 4.98. The number of aliphatic hydroxyl groups is 6. The fraction of sp³-hybridized carbons (Fsp3) is 0.464. The number of benzene rings is 2. The number of hydrogen-bond acceptors (Lipinski definition) is 16. The van der Waals surface area contributed by atoms with Gasteiger partial charge in [-0.25, -0.2) is 0 Å². The van der Waals surface area contributed by atoms with Gasteiger partial charge in [0.05, 0.1) is 19.8 Å². The van der Waals surface area contributed by atoms with Gasteiger partial charge in [0.2, 0.25) is 17.5 Å². The van der Waals surface area contributed by atoms with Gasteiger partial charge in [0.25, 0.3) is 0 Å². The first-order valence-electron chi connectivity index (χ1n) is 13.4. The van der Waals surface area contributed by atoms with Gasteiger partial charge in [0, 0.05) is 17.7 Å². The maximum Gasteiger partial charge on any atom is 0.239 e. The van der Waals surface area contributed by atoms with Crippen LogP contribution in [0.25, 0.3) is 22.3 Å². The van der Waals surface area contributed by atoms with Crippen LogP contribution < -0.4 is 14.9 Å². The third-order valence-electron chi connectivity index (χ3n) is 7.50. The molecule has 2 aromatic carbocycles. The normalized spacial score (nSPS) is 32.5. The highest BCUT2D eigenvalue weighted by Crippen LogP contribution is 2.39. The zero-order valence-corrected chi connectivity index (χ0v) is 23.3. The molecule has 1 aromatic heterocycles. The molecule has 16 nitrogen and oxygen atoms in total. The Kier molecular flexibility index (Phi) is 8.90. The molecule has 3 heterocycles. The van der Waals surface area contributed by atoms with Crippen molar-refractivity contribution in [3.63, 3.8) is 0 Å². The van der Waals surface area contributed by atoms with Crippen molar-refractivity contribution in [2.45, 2.75) is 68.3 Å². The van der Waals surface area contributed by atoms with Crippen LogP contribution in [-0.2, 0) is 14.2 Å². The van der Waals surface area contributed by atoms with E-state index < -0.39 is 90.7 Å². The first-order valence-corrected chi connectivity index (χ1v) is 13.4. The lowest BCUT2D eigenvalue weighted by Crippen LogP contribution is -2.61. The Bertz CT molecular complexity index is 1560. The van der Waals surface area contributed by atoms with Crippen LogP contribution in [0.5, 0.6) is 28.7 Å². The summed E-state index contributed by atoms with van der Waals surface area (Å²) in [5.74, 6) is -2.40. The van der Waals surface area contributed by atoms with E-state index in [9.17, 15) is 50.8 Å². The van der Waals surface area contributed by atoms with Crippen molar-refractivity contribution in [3.05, 3.63) is 40.6 Å². The van der Waals surface area contributed by atoms with Crippen molar-refractivity contribution in [1.82, 2.24) is 0 Å². The smallest absolute Gasteiger partial charge is 0.239 e. The van der Waals surface area contributed by atoms with Crippen LogP contribution >= 0.6 is 0 Å². The molecule has 44 heavy (non-hydrogen) atoms. The molecule has 10 unspecified atom stereocenters. The summed E-state index contributed by atoms with van der Waals surface area (Å²) >= 11 is 0. The number of fused-ring (bicyclic) bond motifs is 1. The minimum atomic E-state index is -1.94. The van der Waals surface area contributed by atoms with Crippen LogP contribution in [0.3, 0.4) is 0 Å². The Morgan fingerprint density at radius 2 is 1.48 bits per heavy atom.